The zero-order valence-electron chi connectivity index (χ0n) is 15.8. The van der Waals surface area contributed by atoms with E-state index in [1.165, 1.54) is 6.07 Å². The second-order valence-corrected chi connectivity index (χ2v) is 9.64. The summed E-state index contributed by atoms with van der Waals surface area (Å²) < 4.78 is 30.7. The van der Waals surface area contributed by atoms with Gasteiger partial charge in [-0.05, 0) is 47.5 Å². The first-order chi connectivity index (χ1) is 14.5. The fraction of sp³-hybridized carbons (Fsp3) is 0.190. The molecule has 30 heavy (non-hydrogen) atoms. The lowest BCUT2D eigenvalue weighted by atomic mass is 10.1. The fourth-order valence-electron chi connectivity index (χ4n) is 3.24. The van der Waals surface area contributed by atoms with Crippen molar-refractivity contribution in [2.45, 2.75) is 23.3 Å². The lowest BCUT2D eigenvalue weighted by Crippen LogP contribution is -2.31. The molecule has 2 aromatic heterocycles. The summed E-state index contributed by atoms with van der Waals surface area (Å²) in [6.45, 7) is 0.696. The van der Waals surface area contributed by atoms with E-state index < -0.39 is 16.2 Å². The number of likely N-dealkylation sites (tertiary alicyclic amines) is 1. The number of carbonyl (C=O) groups excluding carboxylic acids is 1. The van der Waals surface area contributed by atoms with Crippen LogP contribution < -0.4 is 0 Å². The Labute approximate surface area is 178 Å². The first-order valence-electron chi connectivity index (χ1n) is 9.17. The van der Waals surface area contributed by atoms with Crippen LogP contribution in [0, 0.1) is 11.3 Å². The van der Waals surface area contributed by atoms with E-state index in [9.17, 15) is 13.2 Å². The highest BCUT2D eigenvalue weighted by Crippen LogP contribution is 2.32. The van der Waals surface area contributed by atoms with E-state index in [1.807, 2.05) is 6.07 Å². The third-order valence-corrected chi connectivity index (χ3v) is 7.62. The number of pyridine rings is 1. The van der Waals surface area contributed by atoms with Gasteiger partial charge in [-0.3, -0.25) is 14.0 Å². The second-order valence-electron chi connectivity index (χ2n) is 6.75. The van der Waals surface area contributed by atoms with Crippen LogP contribution in [0.4, 0.5) is 0 Å². The van der Waals surface area contributed by atoms with Crippen LogP contribution in [0.5, 0.6) is 0 Å². The van der Waals surface area contributed by atoms with E-state index in [1.54, 1.807) is 53.7 Å². The highest BCUT2D eigenvalue weighted by Gasteiger charge is 2.37. The topological polar surface area (TPSA) is 100 Å². The van der Waals surface area contributed by atoms with Crippen molar-refractivity contribution in [1.29, 1.82) is 5.26 Å². The molecule has 0 saturated carbocycles. The molecule has 3 aromatic rings. The van der Waals surface area contributed by atoms with Crippen LogP contribution in [0.25, 0.3) is 10.4 Å². The Kier molecular flexibility index (Phi) is 5.63. The van der Waals surface area contributed by atoms with Gasteiger partial charge in [-0.25, -0.2) is 0 Å². The van der Waals surface area contributed by atoms with Gasteiger partial charge in [0.25, 0.3) is 5.91 Å². The minimum Gasteiger partial charge on any atom is -0.336 e. The summed E-state index contributed by atoms with van der Waals surface area (Å²) in [5.74, 6) is -0.369. The molecule has 1 saturated heterocycles. The molecule has 0 bridgehead atoms. The van der Waals surface area contributed by atoms with Gasteiger partial charge in [0.15, 0.2) is 6.10 Å². The van der Waals surface area contributed by atoms with Crippen molar-refractivity contribution in [2.24, 2.45) is 0 Å². The molecule has 1 aliphatic heterocycles. The largest absolute Gasteiger partial charge is 0.336 e. The van der Waals surface area contributed by atoms with Crippen LogP contribution in [0.1, 0.15) is 17.5 Å². The van der Waals surface area contributed by atoms with Crippen molar-refractivity contribution in [1.82, 2.24) is 9.88 Å². The third kappa shape index (κ3) is 4.26. The minimum absolute atomic E-state index is 0.0577. The summed E-state index contributed by atoms with van der Waals surface area (Å²) in [7, 11) is -4.06. The van der Waals surface area contributed by atoms with E-state index in [4.69, 9.17) is 9.44 Å². The molecule has 4 rings (SSSR count). The quantitative estimate of drug-likeness (QED) is 0.547. The van der Waals surface area contributed by atoms with Gasteiger partial charge in [0.05, 0.1) is 11.6 Å². The Balaban J connectivity index is 1.45. The predicted octanol–water partition coefficient (Wildman–Crippen LogP) is 3.19. The van der Waals surface area contributed by atoms with Gasteiger partial charge in [0.2, 0.25) is 0 Å². The molecule has 7 nitrogen and oxygen atoms in total. The molecule has 1 unspecified atom stereocenters. The summed E-state index contributed by atoms with van der Waals surface area (Å²) in [5, 5.41) is 9.01. The number of amides is 1. The van der Waals surface area contributed by atoms with E-state index in [0.717, 1.165) is 27.3 Å². The van der Waals surface area contributed by atoms with Crippen molar-refractivity contribution < 1.29 is 17.4 Å². The third-order valence-electron chi connectivity index (χ3n) is 4.71. The number of hydrogen-bond acceptors (Lipinski definition) is 7. The number of nitriles is 1. The average Bonchev–Trinajstić information content (AvgIpc) is 3.38. The highest BCUT2D eigenvalue weighted by atomic mass is 32.3. The van der Waals surface area contributed by atoms with Gasteiger partial charge >= 0.3 is 10.1 Å². The minimum atomic E-state index is -4.06. The van der Waals surface area contributed by atoms with Crippen molar-refractivity contribution in [3.8, 4) is 16.5 Å². The maximum atomic E-state index is 12.7. The SMILES string of the molecule is N#Cc1cccc(CN2CCC(OS(=O)(=O)c3ccc(-c4ccncc4)s3)C2=O)c1. The van der Waals surface area contributed by atoms with Crippen LogP contribution in [0.15, 0.2) is 65.1 Å². The normalized spacial score (nSPS) is 16.6. The first kappa shape index (κ1) is 20.2. The van der Waals surface area contributed by atoms with Crippen LogP contribution >= 0.6 is 11.3 Å². The molecule has 3 heterocycles. The lowest BCUT2D eigenvalue weighted by molar-refractivity contribution is -0.133. The van der Waals surface area contributed by atoms with Crippen LogP contribution in [0.3, 0.4) is 0 Å². The van der Waals surface area contributed by atoms with E-state index in [-0.39, 0.29) is 10.1 Å². The first-order valence-corrected chi connectivity index (χ1v) is 11.4. The molecule has 0 spiro atoms. The van der Waals surface area contributed by atoms with E-state index >= 15 is 0 Å². The van der Waals surface area contributed by atoms with Crippen molar-refractivity contribution in [2.75, 3.05) is 6.54 Å². The molecule has 1 aliphatic rings. The van der Waals surface area contributed by atoms with Gasteiger partial charge in [-0.1, -0.05) is 12.1 Å². The van der Waals surface area contributed by atoms with Crippen LogP contribution in [-0.4, -0.2) is 36.9 Å². The fourth-order valence-corrected chi connectivity index (χ4v) is 5.59. The van der Waals surface area contributed by atoms with Crippen LogP contribution in [-0.2, 0) is 25.6 Å². The molecule has 0 N–H and O–H groups in total. The molecule has 1 atom stereocenters. The zero-order chi connectivity index (χ0) is 21.1. The summed E-state index contributed by atoms with van der Waals surface area (Å²) in [6.07, 6.45) is 2.52. The number of hydrogen-bond donors (Lipinski definition) is 0. The summed E-state index contributed by atoms with van der Waals surface area (Å²) >= 11 is 1.09. The van der Waals surface area contributed by atoms with E-state index in [0.29, 0.717) is 25.1 Å². The standard InChI is InChI=1S/C21H17N3O4S2/c22-13-15-2-1-3-16(12-15)14-24-11-8-18(21(24)25)28-30(26,27)20-5-4-19(29-20)17-6-9-23-10-7-17/h1-7,9-10,12,18H,8,11,14H2. The molecule has 1 fully saturated rings. The number of carbonyl (C=O) groups is 1. The molecule has 1 aromatic carbocycles. The number of aromatic nitrogens is 1. The number of thiophene rings is 1. The van der Waals surface area contributed by atoms with Gasteiger partial charge in [0, 0.05) is 36.8 Å². The molecule has 1 amide bonds. The Hall–Kier alpha value is -3.06. The predicted molar refractivity (Wildman–Crippen MR) is 111 cm³/mol. The van der Waals surface area contributed by atoms with Crippen molar-refractivity contribution >= 4 is 27.4 Å². The monoisotopic (exact) mass is 439 g/mol. The van der Waals surface area contributed by atoms with Gasteiger partial charge < -0.3 is 4.90 Å². The number of benzene rings is 1. The molecule has 0 radical (unpaired) electrons. The average molecular weight is 440 g/mol. The lowest BCUT2D eigenvalue weighted by Gasteiger charge is -2.16. The number of rotatable bonds is 6. The summed E-state index contributed by atoms with van der Waals surface area (Å²) in [6, 6.07) is 15.8. The van der Waals surface area contributed by atoms with E-state index in [2.05, 4.69) is 11.1 Å². The zero-order valence-corrected chi connectivity index (χ0v) is 17.4. The second kappa shape index (κ2) is 8.36. The maximum Gasteiger partial charge on any atom is 0.307 e. The molecular weight excluding hydrogens is 422 g/mol. The molecule has 152 valence electrons. The van der Waals surface area contributed by atoms with Gasteiger partial charge in [-0.15, -0.1) is 11.3 Å². The Morgan fingerprint density at radius 1 is 1.20 bits per heavy atom. The number of nitrogens with zero attached hydrogens (tertiary/aromatic N) is 3. The Morgan fingerprint density at radius 3 is 2.77 bits per heavy atom. The van der Waals surface area contributed by atoms with Gasteiger partial charge in [-0.2, -0.15) is 13.7 Å². The highest BCUT2D eigenvalue weighted by molar-refractivity contribution is 7.89. The summed E-state index contributed by atoms with van der Waals surface area (Å²) in [4.78, 5) is 18.9. The molecule has 9 heteroatoms. The molecular formula is C21H17N3O4S2. The Bertz CT molecular complexity index is 1220. The van der Waals surface area contributed by atoms with Crippen molar-refractivity contribution in [3.63, 3.8) is 0 Å². The Morgan fingerprint density at radius 2 is 2.00 bits per heavy atom. The molecule has 0 aliphatic carbocycles. The maximum absolute atomic E-state index is 12.7. The van der Waals surface area contributed by atoms with Gasteiger partial charge in [0.1, 0.15) is 4.21 Å². The van der Waals surface area contributed by atoms with Crippen LogP contribution in [0.2, 0.25) is 0 Å². The smallest absolute Gasteiger partial charge is 0.307 e. The van der Waals surface area contributed by atoms with Crippen molar-refractivity contribution in [3.05, 3.63) is 72.1 Å². The summed E-state index contributed by atoms with van der Waals surface area (Å²) in [5.41, 5.74) is 2.18.